The first-order chi connectivity index (χ1) is 11.2. The van der Waals surface area contributed by atoms with E-state index < -0.39 is 26.8 Å². The molecule has 1 heterocycles. The molecule has 0 saturated carbocycles. The molecule has 0 spiro atoms. The predicted molar refractivity (Wildman–Crippen MR) is 93.8 cm³/mol. The molecule has 1 aromatic rings. The topological polar surface area (TPSA) is 72.9 Å². The lowest BCUT2D eigenvalue weighted by Crippen LogP contribution is -2.54. The second-order valence-electron chi connectivity index (χ2n) is 6.02. The Labute approximate surface area is 147 Å². The average Bonchev–Trinajstić information content (AvgIpc) is 2.72. The van der Waals surface area contributed by atoms with Crippen LogP contribution in [0.15, 0.2) is 29.2 Å². The van der Waals surface area contributed by atoms with Gasteiger partial charge in [-0.15, -0.1) is 0 Å². The Morgan fingerprint density at radius 1 is 1.25 bits per heavy atom. The third-order valence-corrected chi connectivity index (χ3v) is 7.37. The summed E-state index contributed by atoms with van der Waals surface area (Å²) in [5.74, 6) is 0.825. The Morgan fingerprint density at radius 2 is 1.88 bits per heavy atom. The van der Waals surface area contributed by atoms with Crippen molar-refractivity contribution in [1.29, 1.82) is 0 Å². The molecule has 2 rings (SSSR count). The number of hydrogen-bond donors (Lipinski definition) is 0. The molecule has 1 atom stereocenters. The van der Waals surface area contributed by atoms with Crippen LogP contribution in [0.2, 0.25) is 0 Å². The summed E-state index contributed by atoms with van der Waals surface area (Å²) in [4.78, 5) is 12.5. The lowest BCUT2D eigenvalue weighted by Gasteiger charge is -2.36. The first-order valence-corrected chi connectivity index (χ1v) is 10.0. The second-order valence-corrected chi connectivity index (χ2v) is 9.66. The van der Waals surface area contributed by atoms with E-state index in [9.17, 15) is 13.2 Å². The van der Waals surface area contributed by atoms with Gasteiger partial charge in [0.05, 0.1) is 19.1 Å². The highest BCUT2D eigenvalue weighted by Crippen LogP contribution is 2.38. The summed E-state index contributed by atoms with van der Waals surface area (Å²) in [6.45, 7) is 4.03. The van der Waals surface area contributed by atoms with Crippen LogP contribution in [0.1, 0.15) is 20.3 Å². The summed E-state index contributed by atoms with van der Waals surface area (Å²) in [6.07, 6.45) is 0.678. The largest absolute Gasteiger partial charge is 0.497 e. The highest BCUT2D eigenvalue weighted by molar-refractivity contribution is 8.00. The van der Waals surface area contributed by atoms with E-state index in [1.165, 1.54) is 30.7 Å². The molecule has 0 aliphatic carbocycles. The van der Waals surface area contributed by atoms with Crippen LogP contribution in [0.25, 0.3) is 0 Å². The van der Waals surface area contributed by atoms with E-state index in [4.69, 9.17) is 9.47 Å². The second kappa shape index (κ2) is 7.33. The normalized spacial score (nSPS) is 21.8. The van der Waals surface area contributed by atoms with Gasteiger partial charge in [-0.05, 0) is 50.3 Å². The minimum Gasteiger partial charge on any atom is -0.497 e. The maximum Gasteiger partial charge on any atom is 0.325 e. The molecule has 6 nitrogen and oxygen atoms in total. The number of hydrogen-bond acceptors (Lipinski definition) is 6. The van der Waals surface area contributed by atoms with Crippen molar-refractivity contribution < 1.29 is 22.7 Å². The van der Waals surface area contributed by atoms with Gasteiger partial charge in [0.15, 0.2) is 0 Å². The molecule has 134 valence electrons. The minimum absolute atomic E-state index is 0.139. The fourth-order valence-electron chi connectivity index (χ4n) is 2.77. The van der Waals surface area contributed by atoms with E-state index in [0.717, 1.165) is 5.75 Å². The Balaban J connectivity index is 2.48. The third kappa shape index (κ3) is 3.70. The van der Waals surface area contributed by atoms with Crippen molar-refractivity contribution in [3.05, 3.63) is 24.3 Å². The lowest BCUT2D eigenvalue weighted by atomic mass is 10.0. The highest BCUT2D eigenvalue weighted by atomic mass is 32.2. The van der Waals surface area contributed by atoms with Crippen LogP contribution >= 0.6 is 11.8 Å². The van der Waals surface area contributed by atoms with Crippen molar-refractivity contribution in [2.75, 3.05) is 26.5 Å². The summed E-state index contributed by atoms with van der Waals surface area (Å²) in [5, 5.41) is 0. The number of benzene rings is 1. The summed E-state index contributed by atoms with van der Waals surface area (Å²) >= 11 is 1.59. The van der Waals surface area contributed by atoms with Gasteiger partial charge in [-0.1, -0.05) is 0 Å². The van der Waals surface area contributed by atoms with Gasteiger partial charge in [-0.2, -0.15) is 16.1 Å². The van der Waals surface area contributed by atoms with Crippen LogP contribution in [0.4, 0.5) is 0 Å². The molecule has 0 aromatic heterocycles. The van der Waals surface area contributed by atoms with Crippen LogP contribution in [0.3, 0.4) is 0 Å². The Bertz CT molecular complexity index is 685. The van der Waals surface area contributed by atoms with Gasteiger partial charge in [0.25, 0.3) is 0 Å². The molecule has 0 unspecified atom stereocenters. The van der Waals surface area contributed by atoms with Gasteiger partial charge < -0.3 is 9.47 Å². The number of methoxy groups -OCH3 is 2. The summed E-state index contributed by atoms with van der Waals surface area (Å²) in [7, 11) is -1.02. The van der Waals surface area contributed by atoms with Crippen molar-refractivity contribution in [1.82, 2.24) is 4.31 Å². The van der Waals surface area contributed by atoms with Crippen LogP contribution in [0.5, 0.6) is 5.75 Å². The molecule has 1 aliphatic heterocycles. The van der Waals surface area contributed by atoms with Crippen LogP contribution in [0, 0.1) is 0 Å². The number of esters is 1. The third-order valence-electron chi connectivity index (χ3n) is 4.03. The number of thioether (sulfide) groups is 1. The van der Waals surface area contributed by atoms with Gasteiger partial charge in [0, 0.05) is 11.3 Å². The van der Waals surface area contributed by atoms with Crippen molar-refractivity contribution in [3.63, 3.8) is 0 Å². The molecule has 0 amide bonds. The fourth-order valence-corrected chi connectivity index (χ4v) is 5.76. The quantitative estimate of drug-likeness (QED) is 0.753. The maximum atomic E-state index is 13.1. The summed E-state index contributed by atoms with van der Waals surface area (Å²) < 4.78 is 36.9. The molecular formula is C16H23NO5S2. The lowest BCUT2D eigenvalue weighted by molar-refractivity contribution is -0.146. The smallest absolute Gasteiger partial charge is 0.325 e. The van der Waals surface area contributed by atoms with E-state index in [2.05, 4.69) is 0 Å². The Kier molecular flexibility index (Phi) is 5.83. The zero-order valence-corrected chi connectivity index (χ0v) is 15.9. The molecule has 0 N–H and O–H groups in total. The monoisotopic (exact) mass is 373 g/mol. The van der Waals surface area contributed by atoms with E-state index in [-0.39, 0.29) is 11.4 Å². The molecule has 1 aromatic carbocycles. The number of ether oxygens (including phenoxy) is 2. The molecule has 1 saturated heterocycles. The molecule has 24 heavy (non-hydrogen) atoms. The van der Waals surface area contributed by atoms with Crippen molar-refractivity contribution >= 4 is 27.8 Å². The Morgan fingerprint density at radius 3 is 2.42 bits per heavy atom. The van der Waals surface area contributed by atoms with Crippen molar-refractivity contribution in [2.24, 2.45) is 0 Å². The van der Waals surface area contributed by atoms with Gasteiger partial charge in [0.1, 0.15) is 11.8 Å². The first-order valence-electron chi connectivity index (χ1n) is 7.61. The van der Waals surface area contributed by atoms with Gasteiger partial charge in [-0.25, -0.2) is 8.42 Å². The van der Waals surface area contributed by atoms with Gasteiger partial charge in [-0.3, -0.25) is 4.79 Å². The van der Waals surface area contributed by atoms with Gasteiger partial charge >= 0.3 is 5.97 Å². The zero-order chi connectivity index (χ0) is 18.0. The predicted octanol–water partition coefficient (Wildman–Crippen LogP) is 2.14. The van der Waals surface area contributed by atoms with E-state index in [1.54, 1.807) is 23.9 Å². The number of carbonyl (C=O) groups excluding carboxylic acids is 1. The summed E-state index contributed by atoms with van der Waals surface area (Å²) in [6, 6.07) is 5.30. The van der Waals surface area contributed by atoms with Crippen LogP contribution < -0.4 is 4.74 Å². The molecule has 8 heteroatoms. The Hall–Kier alpha value is -1.25. The molecule has 1 aliphatic rings. The van der Waals surface area contributed by atoms with E-state index in [1.807, 2.05) is 13.8 Å². The maximum absolute atomic E-state index is 13.1. The van der Waals surface area contributed by atoms with Crippen molar-refractivity contribution in [3.8, 4) is 5.75 Å². The zero-order valence-electron chi connectivity index (χ0n) is 14.3. The molecule has 1 fully saturated rings. The number of rotatable bonds is 4. The average molecular weight is 373 g/mol. The van der Waals surface area contributed by atoms with Crippen LogP contribution in [-0.4, -0.2) is 56.0 Å². The van der Waals surface area contributed by atoms with Crippen molar-refractivity contribution in [2.45, 2.75) is 36.0 Å². The minimum atomic E-state index is -3.82. The molecule has 0 bridgehead atoms. The van der Waals surface area contributed by atoms with Crippen LogP contribution in [-0.2, 0) is 19.6 Å². The number of carbonyl (C=O) groups is 1. The van der Waals surface area contributed by atoms with Gasteiger partial charge in [0.2, 0.25) is 10.0 Å². The first kappa shape index (κ1) is 19.1. The fraction of sp³-hybridized carbons (Fsp3) is 0.562. The highest BCUT2D eigenvalue weighted by Gasteiger charge is 2.47. The number of sulfonamides is 1. The SMILES string of the molecule is COC(=O)[C@H]1N(S(=O)(=O)c2ccc(OC)cc2)CCCSC1(C)C. The number of nitrogens with zero attached hydrogens (tertiary/aromatic N) is 1. The summed E-state index contributed by atoms with van der Waals surface area (Å²) in [5.41, 5.74) is 0. The molecular weight excluding hydrogens is 350 g/mol. The standard InChI is InChI=1S/C16H23NO5S2/c1-16(2)14(15(18)22-4)17(10-5-11-23-16)24(19,20)13-8-6-12(21-3)7-9-13/h6-9,14H,5,10-11H2,1-4H3/t14-/m1/s1. The molecule has 0 radical (unpaired) electrons. The van der Waals surface area contributed by atoms with E-state index in [0.29, 0.717) is 12.2 Å². The van der Waals surface area contributed by atoms with E-state index >= 15 is 0 Å².